The van der Waals surface area contributed by atoms with E-state index in [-0.39, 0.29) is 16.7 Å². The number of amides is 2. The van der Waals surface area contributed by atoms with E-state index in [0.29, 0.717) is 11.3 Å². The zero-order valence-corrected chi connectivity index (χ0v) is 15.3. The molecule has 0 fully saturated rings. The first-order chi connectivity index (χ1) is 12.3. The lowest BCUT2D eigenvalue weighted by Gasteiger charge is -2.20. The predicted octanol–water partition coefficient (Wildman–Crippen LogP) is 3.47. The minimum Gasteiger partial charge on any atom is -0.496 e. The summed E-state index contributed by atoms with van der Waals surface area (Å²) in [6.07, 6.45) is 0. The summed E-state index contributed by atoms with van der Waals surface area (Å²) in [5.74, 6) is -0.346. The minimum atomic E-state index is -0.447. The van der Waals surface area contributed by atoms with Crippen LogP contribution < -0.4 is 15.4 Å². The van der Waals surface area contributed by atoms with Crippen LogP contribution in [0.15, 0.2) is 54.2 Å². The Kier molecular flexibility index (Phi) is 4.55. The first kappa shape index (κ1) is 17.7. The number of carbonyl (C=O) groups is 2. The Labute approximate surface area is 153 Å². The molecule has 2 N–H and O–H groups in total. The van der Waals surface area contributed by atoms with Gasteiger partial charge in [-0.05, 0) is 29.2 Å². The van der Waals surface area contributed by atoms with Crippen molar-refractivity contribution in [2.75, 3.05) is 12.4 Å². The number of rotatable bonds is 4. The summed E-state index contributed by atoms with van der Waals surface area (Å²) in [5.41, 5.74) is 2.95. The number of para-hydroxylation sites is 1. The first-order valence-electron chi connectivity index (χ1n) is 8.42. The number of nitrogens with one attached hydrogen (secondary N) is 2. The molecule has 0 saturated heterocycles. The molecule has 3 rings (SSSR count). The van der Waals surface area contributed by atoms with Crippen molar-refractivity contribution in [2.45, 2.75) is 26.2 Å². The molecule has 5 heteroatoms. The minimum absolute atomic E-state index is 0.0225. The van der Waals surface area contributed by atoms with Gasteiger partial charge in [0.1, 0.15) is 11.4 Å². The van der Waals surface area contributed by atoms with Crippen molar-refractivity contribution < 1.29 is 14.3 Å². The van der Waals surface area contributed by atoms with Crippen LogP contribution in [-0.4, -0.2) is 18.9 Å². The smallest absolute Gasteiger partial charge is 0.275 e. The van der Waals surface area contributed by atoms with Crippen molar-refractivity contribution in [1.29, 1.82) is 0 Å². The maximum absolute atomic E-state index is 12.4. The van der Waals surface area contributed by atoms with E-state index in [1.807, 2.05) is 30.3 Å². The highest BCUT2D eigenvalue weighted by molar-refractivity contribution is 6.37. The van der Waals surface area contributed by atoms with Gasteiger partial charge in [0.05, 0.1) is 12.7 Å². The highest BCUT2D eigenvalue weighted by Crippen LogP contribution is 2.32. The van der Waals surface area contributed by atoms with E-state index in [9.17, 15) is 9.59 Å². The van der Waals surface area contributed by atoms with Gasteiger partial charge in [-0.1, -0.05) is 51.1 Å². The molecule has 2 amide bonds. The van der Waals surface area contributed by atoms with Crippen LogP contribution in [0.25, 0.3) is 5.57 Å². The Balaban J connectivity index is 2.07. The lowest BCUT2D eigenvalue weighted by molar-refractivity contribution is -0.123. The summed E-state index contributed by atoms with van der Waals surface area (Å²) in [7, 11) is 1.54. The number of anilines is 1. The summed E-state index contributed by atoms with van der Waals surface area (Å²) >= 11 is 0. The maximum Gasteiger partial charge on any atom is 0.275 e. The fourth-order valence-electron chi connectivity index (χ4n) is 2.89. The number of hydrogen-bond donors (Lipinski definition) is 2. The molecule has 134 valence electrons. The van der Waals surface area contributed by atoms with Gasteiger partial charge in [0, 0.05) is 11.3 Å². The van der Waals surface area contributed by atoms with Gasteiger partial charge in [-0.25, -0.2) is 0 Å². The van der Waals surface area contributed by atoms with Crippen LogP contribution in [0.2, 0.25) is 0 Å². The molecule has 5 nitrogen and oxygen atoms in total. The highest BCUT2D eigenvalue weighted by atomic mass is 16.5. The zero-order valence-electron chi connectivity index (χ0n) is 15.3. The van der Waals surface area contributed by atoms with Gasteiger partial charge in [-0.2, -0.15) is 0 Å². The third-order valence-corrected chi connectivity index (χ3v) is 4.31. The molecule has 0 aromatic heterocycles. The standard InChI is InChI=1S/C21H22N2O3/c1-21(2,3)13-8-7-9-14(12-13)22-18-17(19(24)23-20(18)25)15-10-5-6-11-16(15)26-4/h5-12H,1-4H3,(H2,22,23,24,25). The van der Waals surface area contributed by atoms with Gasteiger partial charge in [-0.3, -0.25) is 14.9 Å². The Morgan fingerprint density at radius 1 is 0.962 bits per heavy atom. The molecule has 1 aliphatic heterocycles. The van der Waals surface area contributed by atoms with Crippen molar-refractivity contribution in [3.05, 3.63) is 65.4 Å². The van der Waals surface area contributed by atoms with Crippen LogP contribution in [0.1, 0.15) is 31.9 Å². The van der Waals surface area contributed by atoms with Gasteiger partial charge < -0.3 is 10.1 Å². The Morgan fingerprint density at radius 3 is 2.38 bits per heavy atom. The van der Waals surface area contributed by atoms with Crippen molar-refractivity contribution in [2.24, 2.45) is 0 Å². The van der Waals surface area contributed by atoms with Gasteiger partial charge in [0.2, 0.25) is 0 Å². The van der Waals surface area contributed by atoms with Crippen LogP contribution >= 0.6 is 0 Å². The van der Waals surface area contributed by atoms with E-state index in [0.717, 1.165) is 11.3 Å². The summed E-state index contributed by atoms with van der Waals surface area (Å²) in [4.78, 5) is 24.8. The van der Waals surface area contributed by atoms with E-state index in [2.05, 4.69) is 31.4 Å². The second-order valence-electron chi connectivity index (χ2n) is 7.19. The lowest BCUT2D eigenvalue weighted by Crippen LogP contribution is -2.24. The molecule has 0 aliphatic carbocycles. The Hall–Kier alpha value is -3.08. The van der Waals surface area contributed by atoms with E-state index in [4.69, 9.17) is 4.74 Å². The van der Waals surface area contributed by atoms with Crippen molar-refractivity contribution >= 4 is 23.1 Å². The molecule has 1 aliphatic rings. The second kappa shape index (κ2) is 6.67. The van der Waals surface area contributed by atoms with E-state index in [1.165, 1.54) is 7.11 Å². The number of carbonyl (C=O) groups excluding carboxylic acids is 2. The molecular weight excluding hydrogens is 328 g/mol. The topological polar surface area (TPSA) is 67.4 Å². The molecular formula is C21H22N2O3. The van der Waals surface area contributed by atoms with Crippen LogP contribution in [0.4, 0.5) is 5.69 Å². The third-order valence-electron chi connectivity index (χ3n) is 4.31. The summed E-state index contributed by atoms with van der Waals surface area (Å²) in [5, 5.41) is 5.49. The molecule has 0 atom stereocenters. The largest absolute Gasteiger partial charge is 0.496 e. The molecule has 0 bridgehead atoms. The van der Waals surface area contributed by atoms with E-state index in [1.54, 1.807) is 18.2 Å². The van der Waals surface area contributed by atoms with Crippen LogP contribution in [0.5, 0.6) is 5.75 Å². The monoisotopic (exact) mass is 350 g/mol. The molecule has 0 spiro atoms. The number of imide groups is 1. The first-order valence-corrected chi connectivity index (χ1v) is 8.42. The van der Waals surface area contributed by atoms with Gasteiger partial charge in [0.15, 0.2) is 0 Å². The fourth-order valence-corrected chi connectivity index (χ4v) is 2.89. The third kappa shape index (κ3) is 3.33. The maximum atomic E-state index is 12.4. The fraction of sp³-hybridized carbons (Fsp3) is 0.238. The van der Waals surface area contributed by atoms with Crippen LogP contribution in [-0.2, 0) is 15.0 Å². The van der Waals surface area contributed by atoms with Crippen molar-refractivity contribution in [1.82, 2.24) is 5.32 Å². The SMILES string of the molecule is COc1ccccc1C1=C(Nc2cccc(C(C)(C)C)c2)C(=O)NC1=O. The molecule has 0 saturated carbocycles. The molecule has 1 heterocycles. The Bertz CT molecular complexity index is 907. The number of ether oxygens (including phenoxy) is 1. The molecule has 2 aromatic rings. The highest BCUT2D eigenvalue weighted by Gasteiger charge is 2.33. The molecule has 0 radical (unpaired) electrons. The lowest BCUT2D eigenvalue weighted by atomic mass is 9.87. The number of hydrogen-bond acceptors (Lipinski definition) is 4. The average molecular weight is 350 g/mol. The van der Waals surface area contributed by atoms with Gasteiger partial charge >= 0.3 is 0 Å². The number of benzene rings is 2. The molecule has 2 aromatic carbocycles. The summed E-state index contributed by atoms with van der Waals surface area (Å²) < 4.78 is 5.35. The number of methoxy groups -OCH3 is 1. The van der Waals surface area contributed by atoms with E-state index < -0.39 is 11.8 Å². The van der Waals surface area contributed by atoms with Crippen molar-refractivity contribution in [3.63, 3.8) is 0 Å². The molecule has 0 unspecified atom stereocenters. The zero-order chi connectivity index (χ0) is 18.9. The van der Waals surface area contributed by atoms with Crippen LogP contribution in [0.3, 0.4) is 0 Å². The molecule has 26 heavy (non-hydrogen) atoms. The summed E-state index contributed by atoms with van der Waals surface area (Å²) in [6.45, 7) is 6.37. The van der Waals surface area contributed by atoms with Crippen molar-refractivity contribution in [3.8, 4) is 5.75 Å². The normalized spacial score (nSPS) is 14.5. The van der Waals surface area contributed by atoms with Gasteiger partial charge in [-0.15, -0.1) is 0 Å². The predicted molar refractivity (Wildman–Crippen MR) is 102 cm³/mol. The van der Waals surface area contributed by atoms with E-state index >= 15 is 0 Å². The second-order valence-corrected chi connectivity index (χ2v) is 7.19. The quantitative estimate of drug-likeness (QED) is 0.829. The Morgan fingerprint density at radius 2 is 1.69 bits per heavy atom. The van der Waals surface area contributed by atoms with Crippen LogP contribution in [0, 0.1) is 0 Å². The average Bonchev–Trinajstić information content (AvgIpc) is 2.88. The summed E-state index contributed by atoms with van der Waals surface area (Å²) in [6, 6.07) is 15.0. The van der Waals surface area contributed by atoms with Gasteiger partial charge in [0.25, 0.3) is 11.8 Å².